The van der Waals surface area contributed by atoms with Crippen LogP contribution in [0.2, 0.25) is 0 Å². The number of rotatable bonds is 9. The standard InChI is InChI=1S/C22H30N2O2S/c1-16(2)25-20-12-10-18(11-13-20)7-6-14-23-22(27)24-19-8-5-9-21(15-19)26-17(3)4/h5,8-13,15-17H,6-7,14H2,1-4H3,(H2,23,24,27). The van der Waals surface area contributed by atoms with E-state index in [1.807, 2.05) is 64.1 Å². The summed E-state index contributed by atoms with van der Waals surface area (Å²) in [5, 5.41) is 7.08. The van der Waals surface area contributed by atoms with Crippen molar-refractivity contribution < 1.29 is 9.47 Å². The molecule has 0 amide bonds. The van der Waals surface area contributed by atoms with Crippen molar-refractivity contribution in [3.05, 3.63) is 54.1 Å². The number of nitrogens with one attached hydrogen (secondary N) is 2. The maximum absolute atomic E-state index is 5.70. The zero-order chi connectivity index (χ0) is 19.6. The molecule has 0 heterocycles. The third-order valence-corrected chi connectivity index (χ3v) is 3.93. The first kappa shape index (κ1) is 21.0. The second-order valence-electron chi connectivity index (χ2n) is 6.99. The molecule has 2 aromatic carbocycles. The van der Waals surface area contributed by atoms with Gasteiger partial charge in [-0.3, -0.25) is 0 Å². The third-order valence-electron chi connectivity index (χ3n) is 3.69. The molecule has 0 saturated carbocycles. The van der Waals surface area contributed by atoms with Crippen molar-refractivity contribution in [1.82, 2.24) is 5.32 Å². The van der Waals surface area contributed by atoms with Crippen molar-refractivity contribution >= 4 is 23.0 Å². The molecule has 4 nitrogen and oxygen atoms in total. The highest BCUT2D eigenvalue weighted by Gasteiger charge is 2.02. The minimum atomic E-state index is 0.149. The molecule has 0 unspecified atom stereocenters. The van der Waals surface area contributed by atoms with E-state index in [1.165, 1.54) is 5.56 Å². The minimum Gasteiger partial charge on any atom is -0.491 e. The lowest BCUT2D eigenvalue weighted by Crippen LogP contribution is -2.29. The van der Waals surface area contributed by atoms with E-state index >= 15 is 0 Å². The summed E-state index contributed by atoms with van der Waals surface area (Å²) in [6.07, 6.45) is 2.35. The van der Waals surface area contributed by atoms with Crippen molar-refractivity contribution in [3.63, 3.8) is 0 Å². The van der Waals surface area contributed by atoms with Crippen LogP contribution in [0.5, 0.6) is 11.5 Å². The van der Waals surface area contributed by atoms with E-state index in [9.17, 15) is 0 Å². The van der Waals surface area contributed by atoms with Crippen molar-refractivity contribution in [2.75, 3.05) is 11.9 Å². The highest BCUT2D eigenvalue weighted by atomic mass is 32.1. The molecule has 0 saturated heterocycles. The molecule has 2 N–H and O–H groups in total. The maximum atomic E-state index is 5.70. The van der Waals surface area contributed by atoms with Gasteiger partial charge in [0.1, 0.15) is 11.5 Å². The van der Waals surface area contributed by atoms with Gasteiger partial charge in [-0.1, -0.05) is 18.2 Å². The summed E-state index contributed by atoms with van der Waals surface area (Å²) in [4.78, 5) is 0. The number of ether oxygens (including phenoxy) is 2. The van der Waals surface area contributed by atoms with E-state index in [0.717, 1.165) is 36.6 Å². The van der Waals surface area contributed by atoms with Gasteiger partial charge in [-0.25, -0.2) is 0 Å². The summed E-state index contributed by atoms with van der Waals surface area (Å²) in [7, 11) is 0. The largest absolute Gasteiger partial charge is 0.491 e. The van der Waals surface area contributed by atoms with E-state index in [-0.39, 0.29) is 12.2 Å². The highest BCUT2D eigenvalue weighted by Crippen LogP contribution is 2.18. The number of aryl methyl sites for hydroxylation is 1. The Labute approximate surface area is 168 Å². The Morgan fingerprint density at radius 3 is 2.26 bits per heavy atom. The van der Waals surface area contributed by atoms with Crippen LogP contribution in [0.3, 0.4) is 0 Å². The second kappa shape index (κ2) is 10.8. The molecule has 27 heavy (non-hydrogen) atoms. The smallest absolute Gasteiger partial charge is 0.170 e. The van der Waals surface area contributed by atoms with Crippen LogP contribution in [-0.2, 0) is 6.42 Å². The van der Waals surface area contributed by atoms with E-state index in [4.69, 9.17) is 21.7 Å². The van der Waals surface area contributed by atoms with Crippen molar-refractivity contribution in [2.24, 2.45) is 0 Å². The summed E-state index contributed by atoms with van der Waals surface area (Å²) < 4.78 is 11.4. The van der Waals surface area contributed by atoms with Gasteiger partial charge in [-0.15, -0.1) is 0 Å². The molecule has 0 atom stereocenters. The fourth-order valence-electron chi connectivity index (χ4n) is 2.60. The summed E-state index contributed by atoms with van der Waals surface area (Å²) in [6.45, 7) is 8.90. The number of hydrogen-bond donors (Lipinski definition) is 2. The fourth-order valence-corrected chi connectivity index (χ4v) is 2.82. The van der Waals surface area contributed by atoms with Crippen LogP contribution in [0.25, 0.3) is 0 Å². The van der Waals surface area contributed by atoms with Gasteiger partial charge >= 0.3 is 0 Å². The van der Waals surface area contributed by atoms with Gasteiger partial charge in [0.05, 0.1) is 12.2 Å². The van der Waals surface area contributed by atoms with Crippen LogP contribution >= 0.6 is 12.2 Å². The maximum Gasteiger partial charge on any atom is 0.170 e. The lowest BCUT2D eigenvalue weighted by atomic mass is 10.1. The quantitative estimate of drug-likeness (QED) is 0.459. The van der Waals surface area contributed by atoms with Gasteiger partial charge < -0.3 is 20.1 Å². The minimum absolute atomic E-state index is 0.149. The summed E-state index contributed by atoms with van der Waals surface area (Å²) in [5.74, 6) is 1.75. The SMILES string of the molecule is CC(C)Oc1ccc(CCCNC(=S)Nc2cccc(OC(C)C)c2)cc1. The normalized spacial score (nSPS) is 10.7. The Bertz CT molecular complexity index is 715. The number of anilines is 1. The monoisotopic (exact) mass is 386 g/mol. The Morgan fingerprint density at radius 2 is 1.59 bits per heavy atom. The average molecular weight is 387 g/mol. The van der Waals surface area contributed by atoms with Gasteiger partial charge in [0, 0.05) is 18.3 Å². The van der Waals surface area contributed by atoms with E-state index in [1.54, 1.807) is 0 Å². The molecular weight excluding hydrogens is 356 g/mol. The van der Waals surface area contributed by atoms with Gasteiger partial charge in [0.15, 0.2) is 5.11 Å². The van der Waals surface area contributed by atoms with Crippen LogP contribution < -0.4 is 20.1 Å². The highest BCUT2D eigenvalue weighted by molar-refractivity contribution is 7.80. The zero-order valence-corrected chi connectivity index (χ0v) is 17.4. The lowest BCUT2D eigenvalue weighted by molar-refractivity contribution is 0.242. The van der Waals surface area contributed by atoms with Crippen LogP contribution in [0.1, 0.15) is 39.7 Å². The van der Waals surface area contributed by atoms with E-state index < -0.39 is 0 Å². The van der Waals surface area contributed by atoms with Gasteiger partial charge in [-0.2, -0.15) is 0 Å². The van der Waals surface area contributed by atoms with Crippen molar-refractivity contribution in [3.8, 4) is 11.5 Å². The number of thiocarbonyl (C=S) groups is 1. The molecule has 0 aliphatic rings. The molecule has 0 spiro atoms. The second-order valence-corrected chi connectivity index (χ2v) is 7.40. The molecule has 0 aliphatic heterocycles. The number of benzene rings is 2. The number of hydrogen-bond acceptors (Lipinski definition) is 3. The molecular formula is C22H30N2O2S. The van der Waals surface area contributed by atoms with Crippen LogP contribution in [0.15, 0.2) is 48.5 Å². The first-order valence-electron chi connectivity index (χ1n) is 9.49. The summed E-state index contributed by atoms with van der Waals surface area (Å²) in [6, 6.07) is 16.1. The van der Waals surface area contributed by atoms with Crippen LogP contribution in [0, 0.1) is 0 Å². The lowest BCUT2D eigenvalue weighted by Gasteiger charge is -2.13. The zero-order valence-electron chi connectivity index (χ0n) is 16.6. The molecule has 0 aromatic heterocycles. The van der Waals surface area contributed by atoms with E-state index in [2.05, 4.69) is 22.8 Å². The first-order chi connectivity index (χ1) is 12.9. The third kappa shape index (κ3) is 8.31. The molecule has 2 aromatic rings. The molecule has 0 fully saturated rings. The van der Waals surface area contributed by atoms with Gasteiger partial charge in [0.2, 0.25) is 0 Å². The van der Waals surface area contributed by atoms with Crippen LogP contribution in [-0.4, -0.2) is 23.9 Å². The Hall–Kier alpha value is -2.27. The van der Waals surface area contributed by atoms with E-state index in [0.29, 0.717) is 5.11 Å². The Morgan fingerprint density at radius 1 is 0.926 bits per heavy atom. The molecule has 0 aliphatic carbocycles. The first-order valence-corrected chi connectivity index (χ1v) is 9.90. The summed E-state index contributed by atoms with van der Waals surface area (Å²) in [5.41, 5.74) is 2.22. The topological polar surface area (TPSA) is 42.5 Å². The average Bonchev–Trinajstić information content (AvgIpc) is 2.59. The molecule has 0 bridgehead atoms. The Balaban J connectivity index is 1.70. The molecule has 0 radical (unpaired) electrons. The summed E-state index contributed by atoms with van der Waals surface area (Å²) >= 11 is 5.37. The molecule has 2 rings (SSSR count). The molecule has 5 heteroatoms. The molecule has 146 valence electrons. The fraction of sp³-hybridized carbons (Fsp3) is 0.409. The van der Waals surface area contributed by atoms with Crippen LogP contribution in [0.4, 0.5) is 5.69 Å². The predicted octanol–water partition coefficient (Wildman–Crippen LogP) is 5.18. The van der Waals surface area contributed by atoms with Gasteiger partial charge in [-0.05, 0) is 82.6 Å². The van der Waals surface area contributed by atoms with Crippen molar-refractivity contribution in [2.45, 2.75) is 52.7 Å². The predicted molar refractivity (Wildman–Crippen MR) is 117 cm³/mol. The Kier molecular flexibility index (Phi) is 8.40. The van der Waals surface area contributed by atoms with Crippen molar-refractivity contribution in [1.29, 1.82) is 0 Å². The van der Waals surface area contributed by atoms with Gasteiger partial charge in [0.25, 0.3) is 0 Å².